The molecule has 0 saturated heterocycles. The highest BCUT2D eigenvalue weighted by atomic mass is 19.4. The first-order valence-electron chi connectivity index (χ1n) is 16.3. The van der Waals surface area contributed by atoms with Gasteiger partial charge in [-0.25, -0.2) is 0 Å². The highest BCUT2D eigenvalue weighted by Crippen LogP contribution is 2.43. The fraction of sp³-hybridized carbons (Fsp3) is 0.500. The van der Waals surface area contributed by atoms with E-state index in [4.69, 9.17) is 0 Å². The molecular formula is C38H49F6N2+. The molecule has 2 nitrogen and oxygen atoms in total. The maximum Gasteiger partial charge on any atom is 0.416 e. The molecule has 0 atom stereocenters. The third kappa shape index (κ3) is 8.95. The number of hydrogen-bond donors (Lipinski definition) is 0. The number of nitrogens with zero attached hydrogens (tertiary/aromatic N) is 2. The molecule has 0 aromatic heterocycles. The van der Waals surface area contributed by atoms with Crippen LogP contribution < -0.4 is 4.90 Å². The molecule has 0 fully saturated rings. The Morgan fingerprint density at radius 2 is 1.43 bits per heavy atom. The van der Waals surface area contributed by atoms with Crippen LogP contribution in [0.5, 0.6) is 0 Å². The summed E-state index contributed by atoms with van der Waals surface area (Å²) < 4.78 is 83.3. The van der Waals surface area contributed by atoms with Gasteiger partial charge in [0.05, 0.1) is 16.5 Å². The smallest absolute Gasteiger partial charge is 0.345 e. The second-order valence-electron chi connectivity index (χ2n) is 13.4. The largest absolute Gasteiger partial charge is 0.416 e. The number of allylic oxidation sites excluding steroid dienone is 6. The van der Waals surface area contributed by atoms with Crippen molar-refractivity contribution >= 4 is 17.1 Å². The Kier molecular flexibility index (Phi) is 12.2. The summed E-state index contributed by atoms with van der Waals surface area (Å²) in [5.41, 5.74) is 2.90. The summed E-state index contributed by atoms with van der Waals surface area (Å²) in [6, 6.07) is 8.02. The lowest BCUT2D eigenvalue weighted by Crippen LogP contribution is -2.28. The summed E-state index contributed by atoms with van der Waals surface area (Å²) in [4.78, 5) is 2.13. The van der Waals surface area contributed by atoms with Crippen LogP contribution in [0.15, 0.2) is 72.5 Å². The van der Waals surface area contributed by atoms with E-state index in [1.165, 1.54) is 12.1 Å². The van der Waals surface area contributed by atoms with Crippen LogP contribution in [0.2, 0.25) is 0 Å². The Morgan fingerprint density at radius 1 is 0.826 bits per heavy atom. The molecule has 2 aromatic rings. The molecule has 0 amide bonds. The summed E-state index contributed by atoms with van der Waals surface area (Å²) in [7, 11) is 0. The van der Waals surface area contributed by atoms with Gasteiger partial charge in [0.2, 0.25) is 5.69 Å². The van der Waals surface area contributed by atoms with Gasteiger partial charge in [-0.2, -0.15) is 30.9 Å². The minimum atomic E-state index is -4.42. The highest BCUT2D eigenvalue weighted by molar-refractivity contribution is 6.03. The van der Waals surface area contributed by atoms with Crippen molar-refractivity contribution in [2.24, 2.45) is 11.8 Å². The number of benzene rings is 2. The lowest BCUT2D eigenvalue weighted by atomic mass is 9.80. The van der Waals surface area contributed by atoms with Crippen molar-refractivity contribution in [1.82, 2.24) is 0 Å². The Hall–Kier alpha value is -3.29. The molecular weight excluding hydrogens is 598 g/mol. The highest BCUT2D eigenvalue weighted by Gasteiger charge is 2.46. The molecule has 1 heterocycles. The quantitative estimate of drug-likeness (QED) is 0.119. The molecule has 0 saturated carbocycles. The first kappa shape index (κ1) is 37.2. The van der Waals surface area contributed by atoms with E-state index in [0.717, 1.165) is 47.8 Å². The lowest BCUT2D eigenvalue weighted by molar-refractivity contribution is -0.439. The fourth-order valence-electron chi connectivity index (χ4n) is 5.87. The van der Waals surface area contributed by atoms with Gasteiger partial charge in [0.15, 0.2) is 5.71 Å². The van der Waals surface area contributed by atoms with Crippen LogP contribution in [0.4, 0.5) is 37.7 Å². The topological polar surface area (TPSA) is 6.25 Å². The molecule has 0 N–H and O–H groups in total. The molecule has 0 unspecified atom stereocenters. The molecule has 1 aliphatic rings. The molecule has 0 bridgehead atoms. The Labute approximate surface area is 271 Å². The zero-order valence-electron chi connectivity index (χ0n) is 28.4. The van der Waals surface area contributed by atoms with Crippen LogP contribution in [0.3, 0.4) is 0 Å². The normalized spacial score (nSPS) is 15.7. The summed E-state index contributed by atoms with van der Waals surface area (Å²) >= 11 is 0. The minimum absolute atomic E-state index is 0.417. The predicted molar refractivity (Wildman–Crippen MR) is 178 cm³/mol. The predicted octanol–water partition coefficient (Wildman–Crippen LogP) is 11.7. The van der Waals surface area contributed by atoms with E-state index in [1.54, 1.807) is 12.1 Å². The average molecular weight is 648 g/mol. The van der Waals surface area contributed by atoms with Crippen molar-refractivity contribution < 1.29 is 30.9 Å². The van der Waals surface area contributed by atoms with E-state index in [1.807, 2.05) is 58.1 Å². The molecule has 8 heteroatoms. The number of halogens is 6. The van der Waals surface area contributed by atoms with Gasteiger partial charge in [0.1, 0.15) is 6.54 Å². The van der Waals surface area contributed by atoms with Gasteiger partial charge in [0.25, 0.3) is 0 Å². The Morgan fingerprint density at radius 3 is 2.00 bits per heavy atom. The number of anilines is 1. The van der Waals surface area contributed by atoms with Crippen LogP contribution in [0.1, 0.15) is 96.9 Å². The van der Waals surface area contributed by atoms with Crippen LogP contribution in [-0.4, -0.2) is 23.4 Å². The van der Waals surface area contributed by atoms with Crippen molar-refractivity contribution in [3.8, 4) is 0 Å². The van der Waals surface area contributed by atoms with Crippen LogP contribution in [0, 0.1) is 11.8 Å². The molecule has 252 valence electrons. The number of rotatable bonds is 13. The van der Waals surface area contributed by atoms with Gasteiger partial charge in [-0.05, 0) is 86.9 Å². The third-order valence-corrected chi connectivity index (χ3v) is 8.63. The maximum absolute atomic E-state index is 13.6. The summed E-state index contributed by atoms with van der Waals surface area (Å²) in [5, 5.41) is 0. The maximum atomic E-state index is 13.6. The van der Waals surface area contributed by atoms with E-state index < -0.39 is 28.9 Å². The first-order valence-corrected chi connectivity index (χ1v) is 16.3. The lowest BCUT2D eigenvalue weighted by Gasteiger charge is -2.30. The van der Waals surface area contributed by atoms with E-state index in [9.17, 15) is 26.3 Å². The molecule has 46 heavy (non-hydrogen) atoms. The third-order valence-electron chi connectivity index (χ3n) is 8.63. The van der Waals surface area contributed by atoms with Crippen molar-refractivity contribution in [3.05, 3.63) is 94.7 Å². The van der Waals surface area contributed by atoms with E-state index >= 15 is 0 Å². The van der Waals surface area contributed by atoms with Gasteiger partial charge in [-0.3, -0.25) is 0 Å². The number of hydrogen-bond acceptors (Lipinski definition) is 1. The van der Waals surface area contributed by atoms with Crippen molar-refractivity contribution in [1.29, 1.82) is 0 Å². The molecule has 2 aromatic carbocycles. The Bertz CT molecular complexity index is 1470. The van der Waals surface area contributed by atoms with Crippen LogP contribution >= 0.6 is 0 Å². The van der Waals surface area contributed by atoms with Gasteiger partial charge in [0, 0.05) is 42.1 Å². The van der Waals surface area contributed by atoms with Gasteiger partial charge in [-0.15, -0.1) is 0 Å². The molecule has 0 spiro atoms. The average Bonchev–Trinajstić information content (AvgIpc) is 3.18. The van der Waals surface area contributed by atoms with Crippen molar-refractivity contribution in [2.75, 3.05) is 18.0 Å². The fourth-order valence-corrected chi connectivity index (χ4v) is 5.87. The van der Waals surface area contributed by atoms with E-state index in [0.29, 0.717) is 48.9 Å². The SMILES string of the molecule is CC\C(=C/C=C/C=C/C1=[N+](CCC(C)C)c2ccc(C(F)(F)F)cc2C1(C)C)N(CCC(C)C)c1ccc(C(F)(F)F)cc1CC. The first-order chi connectivity index (χ1) is 21.4. The standard InChI is InChI=1S/C38H49F6N2/c1-9-28-24-29(37(39,40)41)16-18-33(28)45(22-20-26(3)4)31(10-2)14-12-11-13-15-35-36(7,8)32-25-30(38(42,43)44)17-19-34(32)46(35)23-21-27(5)6/h11-19,24-27H,9-10,20-23H2,1-8H3/q+1. The number of alkyl halides is 6. The molecule has 0 aliphatic carbocycles. The van der Waals surface area contributed by atoms with Gasteiger partial charge < -0.3 is 4.90 Å². The minimum Gasteiger partial charge on any atom is -0.345 e. The monoisotopic (exact) mass is 647 g/mol. The van der Waals surface area contributed by atoms with Crippen LogP contribution in [0.25, 0.3) is 0 Å². The second-order valence-corrected chi connectivity index (χ2v) is 13.4. The van der Waals surface area contributed by atoms with E-state index in [-0.39, 0.29) is 0 Å². The summed E-state index contributed by atoms with van der Waals surface area (Å²) in [5.74, 6) is 0.848. The molecule has 1 aliphatic heterocycles. The number of aryl methyl sites for hydroxylation is 1. The zero-order valence-corrected chi connectivity index (χ0v) is 28.4. The summed E-state index contributed by atoms with van der Waals surface area (Å²) in [6.45, 7) is 17.7. The van der Waals surface area contributed by atoms with Crippen LogP contribution in [-0.2, 0) is 24.2 Å². The number of fused-ring (bicyclic) bond motifs is 1. The van der Waals surface area contributed by atoms with Gasteiger partial charge >= 0.3 is 12.4 Å². The molecule has 3 rings (SSSR count). The zero-order chi connectivity index (χ0) is 34.4. The Balaban J connectivity index is 1.98. The van der Waals surface area contributed by atoms with Crippen molar-refractivity contribution in [2.45, 2.75) is 98.8 Å². The molecule has 0 radical (unpaired) electrons. The summed E-state index contributed by atoms with van der Waals surface area (Å²) in [6.07, 6.45) is 3.81. The van der Waals surface area contributed by atoms with Crippen molar-refractivity contribution in [3.63, 3.8) is 0 Å². The van der Waals surface area contributed by atoms with E-state index in [2.05, 4.69) is 37.2 Å². The van der Waals surface area contributed by atoms with Gasteiger partial charge in [-0.1, -0.05) is 59.8 Å². The second kappa shape index (κ2) is 15.1.